The van der Waals surface area contributed by atoms with Crippen LogP contribution in [0.15, 0.2) is 18.2 Å². The minimum absolute atomic E-state index is 0.199. The summed E-state index contributed by atoms with van der Waals surface area (Å²) >= 11 is 0. The molecule has 0 bridgehead atoms. The Labute approximate surface area is 149 Å². The van der Waals surface area contributed by atoms with E-state index in [1.165, 1.54) is 14.2 Å². The van der Waals surface area contributed by atoms with Crippen LogP contribution in [0.2, 0.25) is 0 Å². The number of rotatable bonds is 6. The van der Waals surface area contributed by atoms with Gasteiger partial charge in [0, 0.05) is 19.2 Å². The van der Waals surface area contributed by atoms with Gasteiger partial charge < -0.3 is 14.4 Å². The summed E-state index contributed by atoms with van der Waals surface area (Å²) in [4.78, 5) is 14.6. The molecule has 0 radical (unpaired) electrons. The van der Waals surface area contributed by atoms with Crippen LogP contribution < -0.4 is 13.8 Å². The number of nitrogens with zero attached hydrogens (tertiary/aromatic N) is 2. The third-order valence-corrected chi connectivity index (χ3v) is 5.59. The monoisotopic (exact) mass is 370 g/mol. The highest BCUT2D eigenvalue weighted by atomic mass is 32.2. The Kier molecular flexibility index (Phi) is 6.16. The Balaban J connectivity index is 2.44. The van der Waals surface area contributed by atoms with Gasteiger partial charge in [-0.15, -0.1) is 0 Å². The van der Waals surface area contributed by atoms with Crippen molar-refractivity contribution in [2.45, 2.75) is 32.2 Å². The highest BCUT2D eigenvalue weighted by molar-refractivity contribution is 7.92. The van der Waals surface area contributed by atoms with Crippen molar-refractivity contribution < 1.29 is 22.7 Å². The van der Waals surface area contributed by atoms with Crippen LogP contribution in [0.25, 0.3) is 0 Å². The minimum Gasteiger partial charge on any atom is -0.497 e. The lowest BCUT2D eigenvalue weighted by Gasteiger charge is -2.34. The quantitative estimate of drug-likeness (QED) is 0.764. The van der Waals surface area contributed by atoms with Crippen LogP contribution in [-0.4, -0.2) is 58.8 Å². The fourth-order valence-corrected chi connectivity index (χ4v) is 4.29. The van der Waals surface area contributed by atoms with E-state index in [4.69, 9.17) is 9.47 Å². The predicted molar refractivity (Wildman–Crippen MR) is 96.8 cm³/mol. The lowest BCUT2D eigenvalue weighted by molar-refractivity contribution is -0.132. The van der Waals surface area contributed by atoms with Gasteiger partial charge in [-0.25, -0.2) is 8.42 Å². The smallest absolute Gasteiger partial charge is 0.246 e. The maximum absolute atomic E-state index is 12.9. The van der Waals surface area contributed by atoms with Crippen molar-refractivity contribution in [3.05, 3.63) is 18.2 Å². The molecule has 8 heteroatoms. The molecule has 1 aliphatic heterocycles. The van der Waals surface area contributed by atoms with Gasteiger partial charge in [0.1, 0.15) is 17.5 Å². The van der Waals surface area contributed by atoms with E-state index in [2.05, 4.69) is 0 Å². The Morgan fingerprint density at radius 2 is 1.80 bits per heavy atom. The van der Waals surface area contributed by atoms with Gasteiger partial charge in [-0.05, 0) is 38.3 Å². The van der Waals surface area contributed by atoms with E-state index < -0.39 is 16.1 Å². The van der Waals surface area contributed by atoms with Crippen molar-refractivity contribution in [1.29, 1.82) is 0 Å². The molecule has 1 fully saturated rings. The van der Waals surface area contributed by atoms with Crippen molar-refractivity contribution in [2.75, 3.05) is 37.9 Å². The van der Waals surface area contributed by atoms with Crippen LogP contribution >= 0.6 is 0 Å². The second-order valence-corrected chi connectivity index (χ2v) is 8.02. The Bertz CT molecular complexity index is 714. The fourth-order valence-electron chi connectivity index (χ4n) is 3.12. The molecule has 1 heterocycles. The van der Waals surface area contributed by atoms with E-state index in [1.807, 2.05) is 0 Å². The van der Waals surface area contributed by atoms with E-state index in [9.17, 15) is 13.2 Å². The molecule has 7 nitrogen and oxygen atoms in total. The molecular weight excluding hydrogens is 344 g/mol. The number of piperidine rings is 1. The average molecular weight is 370 g/mol. The number of ether oxygens (including phenoxy) is 2. The summed E-state index contributed by atoms with van der Waals surface area (Å²) in [6.07, 6.45) is 4.07. The van der Waals surface area contributed by atoms with Crippen LogP contribution in [0.1, 0.15) is 26.2 Å². The van der Waals surface area contributed by atoms with Gasteiger partial charge in [-0.3, -0.25) is 9.10 Å². The van der Waals surface area contributed by atoms with Gasteiger partial charge in [-0.2, -0.15) is 0 Å². The Morgan fingerprint density at radius 1 is 1.16 bits per heavy atom. The third kappa shape index (κ3) is 4.36. The molecule has 1 amide bonds. The van der Waals surface area contributed by atoms with Gasteiger partial charge in [0.2, 0.25) is 15.9 Å². The molecule has 1 saturated heterocycles. The zero-order chi connectivity index (χ0) is 18.6. The highest BCUT2D eigenvalue weighted by Crippen LogP contribution is 2.35. The molecule has 1 aliphatic rings. The third-order valence-electron chi connectivity index (χ3n) is 4.36. The van der Waals surface area contributed by atoms with Crippen LogP contribution in [-0.2, 0) is 14.8 Å². The van der Waals surface area contributed by atoms with Gasteiger partial charge in [0.25, 0.3) is 0 Å². The first-order valence-corrected chi connectivity index (χ1v) is 10.1. The zero-order valence-electron chi connectivity index (χ0n) is 15.2. The van der Waals surface area contributed by atoms with Crippen LogP contribution in [0.5, 0.6) is 11.5 Å². The van der Waals surface area contributed by atoms with Gasteiger partial charge >= 0.3 is 0 Å². The number of hydrogen-bond acceptors (Lipinski definition) is 5. The van der Waals surface area contributed by atoms with Crippen molar-refractivity contribution >= 4 is 21.6 Å². The highest BCUT2D eigenvalue weighted by Gasteiger charge is 2.34. The molecule has 0 aliphatic carbocycles. The summed E-state index contributed by atoms with van der Waals surface area (Å²) in [6, 6.07) is 4.01. The maximum atomic E-state index is 12.9. The summed E-state index contributed by atoms with van der Waals surface area (Å²) in [5, 5.41) is 0. The van der Waals surface area contributed by atoms with Crippen molar-refractivity contribution in [2.24, 2.45) is 0 Å². The minimum atomic E-state index is -3.71. The SMILES string of the molecule is COc1ccc(OC)c(N([C@H](C)C(=O)N2CCCCC2)S(C)(=O)=O)c1. The van der Waals surface area contributed by atoms with Gasteiger partial charge in [0.05, 0.1) is 26.2 Å². The maximum Gasteiger partial charge on any atom is 0.246 e. The topological polar surface area (TPSA) is 76.2 Å². The normalized spacial score (nSPS) is 16.2. The lowest BCUT2D eigenvalue weighted by atomic mass is 10.1. The van der Waals surface area contributed by atoms with E-state index in [-0.39, 0.29) is 5.91 Å². The second-order valence-electron chi connectivity index (χ2n) is 6.16. The summed E-state index contributed by atoms with van der Waals surface area (Å²) < 4.78 is 36.6. The first-order chi connectivity index (χ1) is 11.8. The number of hydrogen-bond donors (Lipinski definition) is 0. The molecule has 25 heavy (non-hydrogen) atoms. The van der Waals surface area contributed by atoms with E-state index in [0.29, 0.717) is 30.3 Å². The average Bonchev–Trinajstić information content (AvgIpc) is 2.60. The summed E-state index contributed by atoms with van der Waals surface area (Å²) in [5.74, 6) is 0.654. The molecule has 0 saturated carbocycles. The number of amides is 1. The number of sulfonamides is 1. The van der Waals surface area contributed by atoms with E-state index in [1.54, 1.807) is 30.0 Å². The fraction of sp³-hybridized carbons (Fsp3) is 0.588. The zero-order valence-corrected chi connectivity index (χ0v) is 16.0. The molecule has 1 atom stereocenters. The molecule has 2 rings (SSSR count). The molecule has 0 aromatic heterocycles. The van der Waals surface area contributed by atoms with Crippen LogP contribution in [0.4, 0.5) is 5.69 Å². The van der Waals surface area contributed by atoms with Crippen LogP contribution in [0.3, 0.4) is 0 Å². The van der Waals surface area contributed by atoms with Gasteiger partial charge in [-0.1, -0.05) is 0 Å². The van der Waals surface area contributed by atoms with Crippen molar-refractivity contribution in [3.63, 3.8) is 0 Å². The number of anilines is 1. The molecule has 1 aromatic rings. The van der Waals surface area contributed by atoms with Gasteiger partial charge in [0.15, 0.2) is 0 Å². The molecule has 1 aromatic carbocycles. The predicted octanol–water partition coefficient (Wildman–Crippen LogP) is 1.87. The van der Waals surface area contributed by atoms with Crippen molar-refractivity contribution in [3.8, 4) is 11.5 Å². The first kappa shape index (κ1) is 19.4. The largest absolute Gasteiger partial charge is 0.497 e. The Morgan fingerprint density at radius 3 is 2.32 bits per heavy atom. The van der Waals surface area contributed by atoms with Crippen molar-refractivity contribution in [1.82, 2.24) is 4.90 Å². The Hall–Kier alpha value is -1.96. The summed E-state index contributed by atoms with van der Waals surface area (Å²) in [6.45, 7) is 2.93. The number of benzene rings is 1. The lowest BCUT2D eigenvalue weighted by Crippen LogP contribution is -2.50. The molecule has 0 unspecified atom stereocenters. The van der Waals surface area contributed by atoms with E-state index in [0.717, 1.165) is 29.8 Å². The number of carbonyl (C=O) groups is 1. The van der Waals surface area contributed by atoms with E-state index >= 15 is 0 Å². The number of likely N-dealkylation sites (tertiary alicyclic amines) is 1. The number of methoxy groups -OCH3 is 2. The molecule has 140 valence electrons. The summed E-state index contributed by atoms with van der Waals surface area (Å²) in [7, 11) is -0.748. The first-order valence-electron chi connectivity index (χ1n) is 8.29. The summed E-state index contributed by atoms with van der Waals surface area (Å²) in [5.41, 5.74) is 0.294. The standard InChI is InChI=1S/C17H26N2O5S/c1-13(17(20)18-10-6-5-7-11-18)19(25(4,21)22)15-12-14(23-2)8-9-16(15)24-3/h8-9,12-13H,5-7,10-11H2,1-4H3/t13-/m1/s1. The van der Waals surface area contributed by atoms with Crippen LogP contribution in [0, 0.1) is 0 Å². The molecule has 0 spiro atoms. The second kappa shape index (κ2) is 7.95. The molecule has 0 N–H and O–H groups in total. The molecular formula is C17H26N2O5S. The number of carbonyl (C=O) groups excluding carboxylic acids is 1.